The zero-order valence-electron chi connectivity index (χ0n) is 10.0. The number of rotatable bonds is 2. The minimum Gasteiger partial charge on any atom is -0.253 e. The van der Waals surface area contributed by atoms with Gasteiger partial charge in [0.2, 0.25) is 0 Å². The number of pyridine rings is 1. The Kier molecular flexibility index (Phi) is 3.41. The number of aryl methyl sites for hydroxylation is 1. The van der Waals surface area contributed by atoms with Gasteiger partial charge in [0.1, 0.15) is 0 Å². The van der Waals surface area contributed by atoms with Crippen molar-refractivity contribution in [2.75, 3.05) is 6.26 Å². The van der Waals surface area contributed by atoms with Crippen LogP contribution in [0, 0.1) is 6.92 Å². The van der Waals surface area contributed by atoms with Crippen molar-refractivity contribution in [1.82, 2.24) is 4.98 Å². The molecule has 18 heavy (non-hydrogen) atoms. The highest BCUT2D eigenvalue weighted by molar-refractivity contribution is 7.90. The van der Waals surface area contributed by atoms with Gasteiger partial charge in [0, 0.05) is 17.5 Å². The van der Waals surface area contributed by atoms with Crippen LogP contribution in [0.5, 0.6) is 0 Å². The Morgan fingerprint density at radius 2 is 1.89 bits per heavy atom. The van der Waals surface area contributed by atoms with Gasteiger partial charge in [-0.3, -0.25) is 4.98 Å². The van der Waals surface area contributed by atoms with Gasteiger partial charge in [-0.05, 0) is 37.3 Å². The average molecular weight is 282 g/mol. The molecule has 0 saturated carbocycles. The van der Waals surface area contributed by atoms with Gasteiger partial charge in [0.25, 0.3) is 0 Å². The van der Waals surface area contributed by atoms with Crippen LogP contribution in [0.4, 0.5) is 0 Å². The predicted molar refractivity (Wildman–Crippen MR) is 72.5 cm³/mol. The van der Waals surface area contributed by atoms with E-state index in [9.17, 15) is 8.42 Å². The molecule has 0 aliphatic rings. The molecule has 1 heterocycles. The Morgan fingerprint density at radius 3 is 2.50 bits per heavy atom. The van der Waals surface area contributed by atoms with Crippen molar-refractivity contribution in [3.8, 4) is 11.3 Å². The molecule has 2 rings (SSSR count). The van der Waals surface area contributed by atoms with E-state index in [1.807, 2.05) is 19.1 Å². The summed E-state index contributed by atoms with van der Waals surface area (Å²) < 4.78 is 23.1. The van der Waals surface area contributed by atoms with Gasteiger partial charge in [-0.2, -0.15) is 0 Å². The minimum atomic E-state index is -3.25. The zero-order valence-corrected chi connectivity index (χ0v) is 11.6. The van der Waals surface area contributed by atoms with Crippen molar-refractivity contribution >= 4 is 21.4 Å². The lowest BCUT2D eigenvalue weighted by Crippen LogP contribution is -1.98. The third-order valence-electron chi connectivity index (χ3n) is 2.53. The second-order valence-corrected chi connectivity index (χ2v) is 6.50. The van der Waals surface area contributed by atoms with Gasteiger partial charge in [0.15, 0.2) is 9.84 Å². The predicted octanol–water partition coefficient (Wildman–Crippen LogP) is 3.11. The summed E-state index contributed by atoms with van der Waals surface area (Å²) in [7, 11) is -3.25. The smallest absolute Gasteiger partial charge is 0.175 e. The Hall–Kier alpha value is -1.39. The summed E-state index contributed by atoms with van der Waals surface area (Å²) >= 11 is 6.10. The first-order valence-electron chi connectivity index (χ1n) is 5.31. The molecule has 1 aromatic carbocycles. The fraction of sp³-hybridized carbons (Fsp3) is 0.154. The Bertz CT molecular complexity index is 696. The summed E-state index contributed by atoms with van der Waals surface area (Å²) in [6.07, 6.45) is 1.17. The lowest BCUT2D eigenvalue weighted by molar-refractivity contribution is 0.602. The van der Waals surface area contributed by atoms with E-state index in [2.05, 4.69) is 4.98 Å². The number of aromatic nitrogens is 1. The summed E-state index contributed by atoms with van der Waals surface area (Å²) in [4.78, 5) is 4.59. The quantitative estimate of drug-likeness (QED) is 0.850. The highest BCUT2D eigenvalue weighted by atomic mass is 35.5. The zero-order chi connectivity index (χ0) is 13.3. The van der Waals surface area contributed by atoms with Crippen molar-refractivity contribution in [2.24, 2.45) is 0 Å². The van der Waals surface area contributed by atoms with Crippen LogP contribution in [0.2, 0.25) is 5.02 Å². The number of hydrogen-bond donors (Lipinski definition) is 0. The number of hydrogen-bond acceptors (Lipinski definition) is 3. The van der Waals surface area contributed by atoms with Gasteiger partial charge in [-0.15, -0.1) is 0 Å². The third kappa shape index (κ3) is 2.71. The van der Waals surface area contributed by atoms with Crippen LogP contribution in [-0.4, -0.2) is 19.7 Å². The molecule has 3 nitrogen and oxygen atoms in total. The molecule has 0 N–H and O–H groups in total. The van der Waals surface area contributed by atoms with Crippen molar-refractivity contribution in [1.29, 1.82) is 0 Å². The highest BCUT2D eigenvalue weighted by Gasteiger charge is 2.12. The van der Waals surface area contributed by atoms with E-state index >= 15 is 0 Å². The van der Waals surface area contributed by atoms with Gasteiger partial charge >= 0.3 is 0 Å². The largest absolute Gasteiger partial charge is 0.253 e. The number of halogens is 1. The standard InChI is InChI=1S/C13H12ClNO2S/c1-9-4-3-5-13(15-9)11-8-10(18(2,16)17)6-7-12(11)14/h3-8H,1-2H3. The third-order valence-corrected chi connectivity index (χ3v) is 3.97. The van der Waals surface area contributed by atoms with E-state index in [1.165, 1.54) is 12.3 Å². The highest BCUT2D eigenvalue weighted by Crippen LogP contribution is 2.29. The van der Waals surface area contributed by atoms with Crippen LogP contribution >= 0.6 is 11.6 Å². The molecule has 5 heteroatoms. The normalized spacial score (nSPS) is 11.5. The van der Waals surface area contributed by atoms with E-state index in [1.54, 1.807) is 18.2 Å². The Balaban J connectivity index is 2.64. The molecule has 0 fully saturated rings. The van der Waals surface area contributed by atoms with Crippen LogP contribution in [0.15, 0.2) is 41.3 Å². The van der Waals surface area contributed by atoms with Crippen LogP contribution in [0.3, 0.4) is 0 Å². The van der Waals surface area contributed by atoms with Gasteiger partial charge in [0.05, 0.1) is 15.6 Å². The molecule has 2 aromatic rings. The SMILES string of the molecule is Cc1cccc(-c2cc(S(C)(=O)=O)ccc2Cl)n1. The maximum atomic E-state index is 11.5. The summed E-state index contributed by atoms with van der Waals surface area (Å²) in [6.45, 7) is 1.87. The number of sulfone groups is 1. The Morgan fingerprint density at radius 1 is 1.17 bits per heavy atom. The van der Waals surface area contributed by atoms with Crippen molar-refractivity contribution < 1.29 is 8.42 Å². The van der Waals surface area contributed by atoms with Crippen LogP contribution < -0.4 is 0 Å². The fourth-order valence-corrected chi connectivity index (χ4v) is 2.49. The first-order valence-corrected chi connectivity index (χ1v) is 7.58. The van der Waals surface area contributed by atoms with Gasteiger partial charge in [-0.1, -0.05) is 17.7 Å². The molecule has 1 aromatic heterocycles. The molecule has 0 atom stereocenters. The summed E-state index contributed by atoms with van der Waals surface area (Å²) in [6, 6.07) is 10.2. The van der Waals surface area contributed by atoms with Crippen LogP contribution in [0.25, 0.3) is 11.3 Å². The molecule has 0 amide bonds. The molecule has 0 bridgehead atoms. The van der Waals surface area contributed by atoms with Crippen LogP contribution in [0.1, 0.15) is 5.69 Å². The van der Waals surface area contributed by atoms with E-state index < -0.39 is 9.84 Å². The first-order chi connectivity index (χ1) is 8.38. The van der Waals surface area contributed by atoms with E-state index in [0.29, 0.717) is 16.3 Å². The Labute approximate surface area is 111 Å². The molecular formula is C13H12ClNO2S. The summed E-state index contributed by atoms with van der Waals surface area (Å²) in [5, 5.41) is 0.487. The van der Waals surface area contributed by atoms with Crippen molar-refractivity contribution in [3.63, 3.8) is 0 Å². The lowest BCUT2D eigenvalue weighted by atomic mass is 10.1. The second-order valence-electron chi connectivity index (χ2n) is 4.08. The molecule has 0 unspecified atom stereocenters. The van der Waals surface area contributed by atoms with Gasteiger partial charge < -0.3 is 0 Å². The van der Waals surface area contributed by atoms with Crippen molar-refractivity contribution in [3.05, 3.63) is 47.1 Å². The minimum absolute atomic E-state index is 0.241. The topological polar surface area (TPSA) is 47.0 Å². The maximum Gasteiger partial charge on any atom is 0.175 e. The molecular weight excluding hydrogens is 270 g/mol. The van der Waals surface area contributed by atoms with E-state index in [4.69, 9.17) is 11.6 Å². The maximum absolute atomic E-state index is 11.5. The summed E-state index contributed by atoms with van der Waals surface area (Å²) in [5.74, 6) is 0. The first kappa shape index (κ1) is 13.1. The monoisotopic (exact) mass is 281 g/mol. The van der Waals surface area contributed by atoms with E-state index in [-0.39, 0.29) is 4.90 Å². The average Bonchev–Trinajstić information content (AvgIpc) is 2.28. The molecule has 0 aliphatic heterocycles. The fourth-order valence-electron chi connectivity index (χ4n) is 1.62. The molecule has 0 spiro atoms. The van der Waals surface area contributed by atoms with Crippen LogP contribution in [-0.2, 0) is 9.84 Å². The molecule has 0 radical (unpaired) electrons. The summed E-state index contributed by atoms with van der Waals surface area (Å²) in [5.41, 5.74) is 2.15. The van der Waals surface area contributed by atoms with Crippen molar-refractivity contribution in [2.45, 2.75) is 11.8 Å². The lowest BCUT2D eigenvalue weighted by Gasteiger charge is -2.07. The van der Waals surface area contributed by atoms with Gasteiger partial charge in [-0.25, -0.2) is 8.42 Å². The van der Waals surface area contributed by atoms with E-state index in [0.717, 1.165) is 5.69 Å². The molecule has 0 aliphatic carbocycles. The molecule has 94 valence electrons. The molecule has 0 saturated heterocycles. The second kappa shape index (κ2) is 4.71. The number of nitrogens with zero attached hydrogens (tertiary/aromatic N) is 1. The number of benzene rings is 1.